The lowest BCUT2D eigenvalue weighted by Gasteiger charge is -2.49. The number of carbonyl (C=O) groups excluding carboxylic acids is 2. The lowest BCUT2D eigenvalue weighted by molar-refractivity contribution is -0.389. The molecule has 0 radical (unpaired) electrons. The van der Waals surface area contributed by atoms with Gasteiger partial charge in [-0.25, -0.2) is 4.79 Å². The number of amides is 2. The number of carboxylic acids is 1. The van der Waals surface area contributed by atoms with Crippen molar-refractivity contribution in [3.8, 4) is 0 Å². The van der Waals surface area contributed by atoms with Gasteiger partial charge in [-0.2, -0.15) is 4.68 Å². The molecule has 4 heterocycles. The Hall–Kier alpha value is -2.98. The van der Waals surface area contributed by atoms with E-state index in [-0.39, 0.29) is 11.5 Å². The number of nitrogens with zero attached hydrogens (tertiary/aromatic N) is 6. The van der Waals surface area contributed by atoms with E-state index in [0.717, 1.165) is 5.01 Å². The predicted molar refractivity (Wildman–Crippen MR) is 123 cm³/mol. The Labute approximate surface area is 205 Å². The molecule has 4 rings (SSSR count). The van der Waals surface area contributed by atoms with Crippen LogP contribution in [0.15, 0.2) is 21.7 Å². The van der Waals surface area contributed by atoms with E-state index in [1.807, 2.05) is 6.92 Å². The fourth-order valence-electron chi connectivity index (χ4n) is 3.62. The fourth-order valence-corrected chi connectivity index (χ4v) is 6.92. The molecule has 2 amide bonds. The second-order valence-electron chi connectivity index (χ2n) is 7.55. The number of aromatic nitrogens is 4. The maximum Gasteiger partial charge on any atom is 0.390 e. The number of fused-ring (bicyclic) bond motifs is 1. The van der Waals surface area contributed by atoms with Gasteiger partial charge in [0.1, 0.15) is 28.2 Å². The summed E-state index contributed by atoms with van der Waals surface area (Å²) in [6.07, 6.45) is 0. The third kappa shape index (κ3) is 4.39. The van der Waals surface area contributed by atoms with Gasteiger partial charge < -0.3 is 20.5 Å². The van der Waals surface area contributed by atoms with E-state index in [4.69, 9.17) is 0 Å². The molecule has 2 N–H and O–H groups in total. The first kappa shape index (κ1) is 24.2. The zero-order valence-electron chi connectivity index (χ0n) is 18.1. The monoisotopic (exact) mass is 525 g/mol. The van der Waals surface area contributed by atoms with Gasteiger partial charge in [0.25, 0.3) is 5.91 Å². The minimum atomic E-state index is -1.21. The number of carbonyl (C=O) groups is 3. The van der Waals surface area contributed by atoms with Crippen molar-refractivity contribution in [3.63, 3.8) is 0 Å². The van der Waals surface area contributed by atoms with Gasteiger partial charge in [0.2, 0.25) is 5.91 Å². The second-order valence-corrected chi connectivity index (χ2v) is 11.1. The van der Waals surface area contributed by atoms with Crippen LogP contribution >= 0.6 is 34.9 Å². The Balaban J connectivity index is 1.46. The highest BCUT2D eigenvalue weighted by atomic mass is 32.2. The number of aryl methyl sites for hydroxylation is 2. The predicted octanol–water partition coefficient (Wildman–Crippen LogP) is 1.35. The van der Waals surface area contributed by atoms with E-state index in [9.17, 15) is 29.6 Å². The molecule has 180 valence electrons. The van der Waals surface area contributed by atoms with Crippen LogP contribution in [0.5, 0.6) is 0 Å². The number of hydrogen-bond acceptors (Lipinski definition) is 11. The highest BCUT2D eigenvalue weighted by molar-refractivity contribution is 8.01. The molecule has 0 aliphatic carbocycles. The number of nitrogens with one attached hydrogen (secondary N) is 1. The standard InChI is InChI=1S/C18H19N7O6S3/c1-7-4-11(25(30)31)22-24(7)8(2)14(26)19-12-15(27)23-13(17(28)29)10(5-32-16(12)23)6-33-18-21-20-9(3)34-18/h4,8,12,16H,5-6H2,1-3H3,(H,19,26)(H,28,29)/t8-,12+,16+/m1/s1. The second kappa shape index (κ2) is 9.34. The SMILES string of the molecule is Cc1nnc(SCC2=C(C(=O)O)N3C(=O)[C@H](NC(=O)[C@@H](C)n4nc([N+](=O)[O-])cc4C)[C@@H]3SC2)s1. The van der Waals surface area contributed by atoms with Gasteiger partial charge in [-0.3, -0.25) is 14.5 Å². The van der Waals surface area contributed by atoms with Crippen LogP contribution in [0.3, 0.4) is 0 Å². The summed E-state index contributed by atoms with van der Waals surface area (Å²) in [6, 6.07) is -0.551. The molecule has 1 fully saturated rings. The van der Waals surface area contributed by atoms with Crippen molar-refractivity contribution in [2.75, 3.05) is 11.5 Å². The average Bonchev–Trinajstić information content (AvgIpc) is 3.39. The summed E-state index contributed by atoms with van der Waals surface area (Å²) in [5, 5.41) is 35.4. The van der Waals surface area contributed by atoms with E-state index in [2.05, 4.69) is 20.6 Å². The van der Waals surface area contributed by atoms with Crippen LogP contribution in [0.25, 0.3) is 0 Å². The third-order valence-electron chi connectivity index (χ3n) is 5.27. The highest BCUT2D eigenvalue weighted by Gasteiger charge is 2.54. The fraction of sp³-hybridized carbons (Fsp3) is 0.444. The van der Waals surface area contributed by atoms with Gasteiger partial charge in [-0.1, -0.05) is 23.1 Å². The number of hydrogen-bond donors (Lipinski definition) is 2. The number of nitro groups is 1. The summed E-state index contributed by atoms with van der Waals surface area (Å²) in [5.41, 5.74) is 0.948. The maximum atomic E-state index is 12.9. The first-order chi connectivity index (χ1) is 16.1. The van der Waals surface area contributed by atoms with Gasteiger partial charge in [-0.05, 0) is 31.3 Å². The Morgan fingerprint density at radius 1 is 1.41 bits per heavy atom. The van der Waals surface area contributed by atoms with Crippen molar-refractivity contribution in [1.82, 2.24) is 30.2 Å². The van der Waals surface area contributed by atoms with E-state index in [1.165, 1.54) is 57.4 Å². The summed E-state index contributed by atoms with van der Waals surface area (Å²) in [6.45, 7) is 4.93. The third-order valence-corrected chi connectivity index (χ3v) is 8.67. The molecular weight excluding hydrogens is 506 g/mol. The first-order valence-corrected chi connectivity index (χ1v) is 12.8. The maximum absolute atomic E-state index is 12.9. The van der Waals surface area contributed by atoms with Gasteiger partial charge in [0.15, 0.2) is 4.34 Å². The number of carboxylic acid groups (broad SMARTS) is 1. The largest absolute Gasteiger partial charge is 0.477 e. The molecule has 34 heavy (non-hydrogen) atoms. The van der Waals surface area contributed by atoms with Gasteiger partial charge in [-0.15, -0.1) is 22.0 Å². The zero-order valence-corrected chi connectivity index (χ0v) is 20.6. The zero-order chi connectivity index (χ0) is 24.7. The van der Waals surface area contributed by atoms with Crippen molar-refractivity contribution >= 4 is 58.5 Å². The number of aliphatic carboxylic acids is 1. The van der Waals surface area contributed by atoms with E-state index < -0.39 is 40.2 Å². The van der Waals surface area contributed by atoms with Crippen LogP contribution in [0, 0.1) is 24.0 Å². The van der Waals surface area contributed by atoms with Crippen molar-refractivity contribution in [2.45, 2.75) is 42.6 Å². The van der Waals surface area contributed by atoms with Crippen molar-refractivity contribution in [2.24, 2.45) is 0 Å². The molecule has 3 atom stereocenters. The smallest absolute Gasteiger partial charge is 0.390 e. The van der Waals surface area contributed by atoms with E-state index >= 15 is 0 Å². The summed E-state index contributed by atoms with van der Waals surface area (Å²) in [5.74, 6) is -1.92. The Bertz CT molecular complexity index is 1220. The minimum absolute atomic E-state index is 0.0698. The van der Waals surface area contributed by atoms with E-state index in [1.54, 1.807) is 6.92 Å². The lowest BCUT2D eigenvalue weighted by Crippen LogP contribution is -2.71. The normalized spacial score (nSPS) is 20.6. The van der Waals surface area contributed by atoms with Gasteiger partial charge in [0.05, 0.1) is 16.9 Å². The van der Waals surface area contributed by atoms with Crippen LogP contribution in [0.1, 0.15) is 23.7 Å². The molecule has 0 bridgehead atoms. The van der Waals surface area contributed by atoms with E-state index in [0.29, 0.717) is 27.1 Å². The molecule has 13 nitrogen and oxygen atoms in total. The topological polar surface area (TPSA) is 173 Å². The molecule has 2 aromatic rings. The Morgan fingerprint density at radius 2 is 2.15 bits per heavy atom. The highest BCUT2D eigenvalue weighted by Crippen LogP contribution is 2.42. The van der Waals surface area contributed by atoms with Crippen LogP contribution in [-0.4, -0.2) is 75.6 Å². The molecule has 2 aliphatic rings. The summed E-state index contributed by atoms with van der Waals surface area (Å²) < 4.78 is 1.93. The van der Waals surface area contributed by atoms with Crippen LogP contribution < -0.4 is 5.32 Å². The quantitative estimate of drug-likeness (QED) is 0.220. The molecule has 1 saturated heterocycles. The van der Waals surface area contributed by atoms with Crippen LogP contribution in [-0.2, 0) is 14.4 Å². The van der Waals surface area contributed by atoms with Crippen LogP contribution in [0.4, 0.5) is 5.82 Å². The minimum Gasteiger partial charge on any atom is -0.477 e. The molecule has 16 heteroatoms. The molecule has 0 saturated carbocycles. The number of rotatable bonds is 8. The van der Waals surface area contributed by atoms with Crippen molar-refractivity contribution in [1.29, 1.82) is 0 Å². The van der Waals surface area contributed by atoms with Crippen molar-refractivity contribution < 1.29 is 24.4 Å². The Kier molecular flexibility index (Phi) is 6.64. The van der Waals surface area contributed by atoms with Gasteiger partial charge in [0, 0.05) is 11.5 Å². The average molecular weight is 526 g/mol. The molecule has 0 aromatic carbocycles. The first-order valence-electron chi connectivity index (χ1n) is 9.92. The summed E-state index contributed by atoms with van der Waals surface area (Å²) in [7, 11) is 0. The Morgan fingerprint density at radius 3 is 2.74 bits per heavy atom. The number of thioether (sulfide) groups is 2. The summed E-state index contributed by atoms with van der Waals surface area (Å²) >= 11 is 4.13. The lowest BCUT2D eigenvalue weighted by atomic mass is 10.0. The molecular formula is C18H19N7O6S3. The van der Waals surface area contributed by atoms with Gasteiger partial charge >= 0.3 is 11.8 Å². The van der Waals surface area contributed by atoms with Crippen molar-refractivity contribution in [3.05, 3.63) is 38.2 Å². The van der Waals surface area contributed by atoms with Crippen LogP contribution in [0.2, 0.25) is 0 Å². The number of β-lactam (4-membered cyclic amide) rings is 1. The molecule has 2 aliphatic heterocycles. The molecule has 0 unspecified atom stereocenters. The molecule has 0 spiro atoms. The summed E-state index contributed by atoms with van der Waals surface area (Å²) in [4.78, 5) is 49.1. The molecule has 2 aromatic heterocycles.